The third kappa shape index (κ3) is 1.59. The summed E-state index contributed by atoms with van der Waals surface area (Å²) >= 11 is 0. The summed E-state index contributed by atoms with van der Waals surface area (Å²) in [5, 5.41) is 0. The zero-order valence-electron chi connectivity index (χ0n) is 8.34. The molecule has 2 heteroatoms. The molecule has 2 fully saturated rings. The maximum atomic E-state index is 11.3. The summed E-state index contributed by atoms with van der Waals surface area (Å²) in [6.45, 7) is 2.23. The average Bonchev–Trinajstić information content (AvgIpc) is 2.11. The van der Waals surface area contributed by atoms with Gasteiger partial charge in [-0.25, -0.2) is 0 Å². The van der Waals surface area contributed by atoms with Gasteiger partial charge < -0.3 is 4.74 Å². The van der Waals surface area contributed by atoms with Gasteiger partial charge in [-0.3, -0.25) is 4.79 Å². The van der Waals surface area contributed by atoms with Crippen LogP contribution in [0.4, 0.5) is 0 Å². The molecule has 74 valence electrons. The summed E-state index contributed by atoms with van der Waals surface area (Å²) in [5.41, 5.74) is -0.0619. The molecule has 1 saturated heterocycles. The van der Waals surface area contributed by atoms with Crippen LogP contribution in [0.1, 0.15) is 51.9 Å². The first-order valence-electron chi connectivity index (χ1n) is 5.45. The molecule has 2 atom stereocenters. The predicted octanol–water partition coefficient (Wildman–Crippen LogP) is 2.66. The number of hydrogen-bond donors (Lipinski definition) is 0. The molecule has 13 heavy (non-hydrogen) atoms. The Hall–Kier alpha value is -0.530. The van der Waals surface area contributed by atoms with Crippen LogP contribution in [0.15, 0.2) is 0 Å². The summed E-state index contributed by atoms with van der Waals surface area (Å²) in [6.07, 6.45) is 7.63. The van der Waals surface area contributed by atoms with Crippen molar-refractivity contribution in [3.05, 3.63) is 0 Å². The van der Waals surface area contributed by atoms with E-state index in [0.29, 0.717) is 12.3 Å². The number of hydrogen-bond acceptors (Lipinski definition) is 2. The van der Waals surface area contributed by atoms with Gasteiger partial charge in [-0.2, -0.15) is 0 Å². The van der Waals surface area contributed by atoms with Crippen molar-refractivity contribution in [2.24, 2.45) is 5.92 Å². The summed E-state index contributed by atoms with van der Waals surface area (Å²) in [6, 6.07) is 0. The minimum atomic E-state index is -0.0619. The Kier molecular flexibility index (Phi) is 2.31. The molecule has 2 rings (SSSR count). The molecule has 2 aliphatic rings. The number of carbonyl (C=O) groups excluding carboxylic acids is 1. The van der Waals surface area contributed by atoms with E-state index < -0.39 is 0 Å². The monoisotopic (exact) mass is 182 g/mol. The van der Waals surface area contributed by atoms with Crippen LogP contribution < -0.4 is 0 Å². The van der Waals surface area contributed by atoms with Crippen molar-refractivity contribution in [1.29, 1.82) is 0 Å². The minimum Gasteiger partial charge on any atom is -0.459 e. The van der Waals surface area contributed by atoms with Gasteiger partial charge in [-0.15, -0.1) is 0 Å². The second-order valence-electron chi connectivity index (χ2n) is 4.54. The first kappa shape index (κ1) is 9.04. The van der Waals surface area contributed by atoms with Crippen LogP contribution >= 0.6 is 0 Å². The van der Waals surface area contributed by atoms with Crippen molar-refractivity contribution in [2.75, 3.05) is 0 Å². The molecule has 0 aromatic carbocycles. The first-order chi connectivity index (χ1) is 6.23. The Morgan fingerprint density at radius 1 is 1.31 bits per heavy atom. The van der Waals surface area contributed by atoms with Crippen LogP contribution in [-0.4, -0.2) is 11.6 Å². The van der Waals surface area contributed by atoms with Crippen LogP contribution in [0, 0.1) is 5.92 Å². The van der Waals surface area contributed by atoms with E-state index in [1.54, 1.807) is 0 Å². The van der Waals surface area contributed by atoms with Gasteiger partial charge >= 0.3 is 5.97 Å². The highest BCUT2D eigenvalue weighted by Crippen LogP contribution is 2.42. The van der Waals surface area contributed by atoms with Crippen molar-refractivity contribution in [3.8, 4) is 0 Å². The van der Waals surface area contributed by atoms with Crippen LogP contribution in [0.5, 0.6) is 0 Å². The summed E-state index contributed by atoms with van der Waals surface area (Å²) in [7, 11) is 0. The molecule has 1 saturated carbocycles. The molecule has 0 aromatic heterocycles. The van der Waals surface area contributed by atoms with E-state index in [1.165, 1.54) is 19.3 Å². The van der Waals surface area contributed by atoms with E-state index in [1.807, 2.05) is 0 Å². The summed E-state index contributed by atoms with van der Waals surface area (Å²) in [5.74, 6) is 0.602. The predicted molar refractivity (Wildman–Crippen MR) is 50.3 cm³/mol. The van der Waals surface area contributed by atoms with Crippen molar-refractivity contribution >= 4 is 5.97 Å². The van der Waals surface area contributed by atoms with Gasteiger partial charge in [0, 0.05) is 6.42 Å². The number of rotatable bonds is 0. The van der Waals surface area contributed by atoms with Crippen molar-refractivity contribution in [2.45, 2.75) is 57.5 Å². The molecule has 2 nitrogen and oxygen atoms in total. The molecule has 0 radical (unpaired) electrons. The third-order valence-electron chi connectivity index (χ3n) is 3.68. The van der Waals surface area contributed by atoms with Gasteiger partial charge in [-0.1, -0.05) is 13.3 Å². The Morgan fingerprint density at radius 3 is 2.77 bits per heavy atom. The molecule has 1 heterocycles. The third-order valence-corrected chi connectivity index (χ3v) is 3.68. The van der Waals surface area contributed by atoms with E-state index in [0.717, 1.165) is 19.3 Å². The highest BCUT2D eigenvalue weighted by molar-refractivity contribution is 5.70. The maximum Gasteiger partial charge on any atom is 0.306 e. The molecule has 0 bridgehead atoms. The van der Waals surface area contributed by atoms with Gasteiger partial charge in [-0.05, 0) is 38.0 Å². The Labute approximate surface area is 79.7 Å². The molecular formula is C11H18O2. The van der Waals surface area contributed by atoms with Crippen molar-refractivity contribution in [3.63, 3.8) is 0 Å². The van der Waals surface area contributed by atoms with Crippen molar-refractivity contribution < 1.29 is 9.53 Å². The fraction of sp³-hybridized carbons (Fsp3) is 0.909. The Bertz CT molecular complexity index is 208. The molecule has 1 aliphatic carbocycles. The highest BCUT2D eigenvalue weighted by atomic mass is 16.6. The summed E-state index contributed by atoms with van der Waals surface area (Å²) in [4.78, 5) is 11.3. The van der Waals surface area contributed by atoms with Crippen molar-refractivity contribution in [1.82, 2.24) is 0 Å². The SMILES string of the molecule is CC1CCCCC12CCCC(=O)O2. The first-order valence-corrected chi connectivity index (χ1v) is 5.45. The van der Waals surface area contributed by atoms with E-state index in [2.05, 4.69) is 6.92 Å². The van der Waals surface area contributed by atoms with E-state index in [4.69, 9.17) is 4.74 Å². The molecule has 0 N–H and O–H groups in total. The molecule has 2 unspecified atom stereocenters. The molecule has 1 aliphatic heterocycles. The molecule has 0 amide bonds. The zero-order chi connectivity index (χ0) is 9.31. The van der Waals surface area contributed by atoms with E-state index >= 15 is 0 Å². The van der Waals surface area contributed by atoms with Gasteiger partial charge in [0.15, 0.2) is 0 Å². The summed E-state index contributed by atoms with van der Waals surface area (Å²) < 4.78 is 5.59. The second kappa shape index (κ2) is 3.32. The lowest BCUT2D eigenvalue weighted by Gasteiger charge is -2.44. The molecular weight excluding hydrogens is 164 g/mol. The van der Waals surface area contributed by atoms with Gasteiger partial charge in [0.05, 0.1) is 0 Å². The fourth-order valence-corrected chi connectivity index (χ4v) is 2.77. The quantitative estimate of drug-likeness (QED) is 0.538. The topological polar surface area (TPSA) is 26.3 Å². The van der Waals surface area contributed by atoms with E-state index in [9.17, 15) is 4.79 Å². The van der Waals surface area contributed by atoms with Gasteiger partial charge in [0.25, 0.3) is 0 Å². The van der Waals surface area contributed by atoms with Crippen LogP contribution in [0.3, 0.4) is 0 Å². The smallest absolute Gasteiger partial charge is 0.306 e. The van der Waals surface area contributed by atoms with Gasteiger partial charge in [0.1, 0.15) is 5.60 Å². The number of carbonyl (C=O) groups is 1. The molecule has 1 spiro atoms. The maximum absolute atomic E-state index is 11.3. The Morgan fingerprint density at radius 2 is 2.08 bits per heavy atom. The lowest BCUT2D eigenvalue weighted by molar-refractivity contribution is -0.179. The minimum absolute atomic E-state index is 0.0278. The lowest BCUT2D eigenvalue weighted by atomic mass is 9.72. The standard InChI is InChI=1S/C11H18O2/c1-9-5-2-3-7-11(9)8-4-6-10(12)13-11/h9H,2-8H2,1H3. The van der Waals surface area contributed by atoms with Gasteiger partial charge in [0.2, 0.25) is 0 Å². The normalized spacial score (nSPS) is 40.4. The van der Waals surface area contributed by atoms with Crippen LogP contribution in [0.2, 0.25) is 0 Å². The van der Waals surface area contributed by atoms with E-state index in [-0.39, 0.29) is 11.6 Å². The van der Waals surface area contributed by atoms with Crippen LogP contribution in [0.25, 0.3) is 0 Å². The molecule has 0 aromatic rings. The Balaban J connectivity index is 2.11. The number of esters is 1. The van der Waals surface area contributed by atoms with Crippen LogP contribution in [-0.2, 0) is 9.53 Å². The number of ether oxygens (including phenoxy) is 1. The lowest BCUT2D eigenvalue weighted by Crippen LogP contribution is -2.46. The second-order valence-corrected chi connectivity index (χ2v) is 4.54. The highest BCUT2D eigenvalue weighted by Gasteiger charge is 2.43. The average molecular weight is 182 g/mol. The fourth-order valence-electron chi connectivity index (χ4n) is 2.77. The largest absolute Gasteiger partial charge is 0.459 e. The zero-order valence-corrected chi connectivity index (χ0v) is 8.34.